The van der Waals surface area contributed by atoms with E-state index in [1.165, 1.54) is 18.2 Å². The lowest BCUT2D eigenvalue weighted by Gasteiger charge is -2.31. The normalized spacial score (nSPS) is 16.2. The van der Waals surface area contributed by atoms with Crippen LogP contribution in [0.15, 0.2) is 18.2 Å². The van der Waals surface area contributed by atoms with Gasteiger partial charge in [0.25, 0.3) is 0 Å². The van der Waals surface area contributed by atoms with E-state index in [2.05, 4.69) is 18.3 Å². The highest BCUT2D eigenvalue weighted by atomic mass is 35.5. The molecule has 0 aromatic heterocycles. The first-order valence-electron chi connectivity index (χ1n) is 6.91. The van der Waals surface area contributed by atoms with Crippen molar-refractivity contribution < 1.29 is 9.53 Å². The van der Waals surface area contributed by atoms with Crippen LogP contribution in [0.1, 0.15) is 24.0 Å². The first-order valence-corrected chi connectivity index (χ1v) is 7.29. The number of piperidine rings is 1. The summed E-state index contributed by atoms with van der Waals surface area (Å²) in [5, 5.41) is 4.33. The maximum Gasteiger partial charge on any atom is 0.409 e. The van der Waals surface area contributed by atoms with Crippen LogP contribution in [0.2, 0.25) is 5.02 Å². The van der Waals surface area contributed by atoms with E-state index in [-0.39, 0.29) is 6.09 Å². The lowest BCUT2D eigenvalue weighted by molar-refractivity contribution is 0.109. The van der Waals surface area contributed by atoms with E-state index >= 15 is 0 Å². The largest absolute Gasteiger partial charge is 0.453 e. The monoisotopic (exact) mass is 296 g/mol. The molecule has 4 nitrogen and oxygen atoms in total. The van der Waals surface area contributed by atoms with Crippen LogP contribution in [0.3, 0.4) is 0 Å². The van der Waals surface area contributed by atoms with Gasteiger partial charge in [0.05, 0.1) is 7.11 Å². The molecular weight excluding hydrogens is 276 g/mol. The first kappa shape index (κ1) is 15.1. The zero-order valence-electron chi connectivity index (χ0n) is 12.0. The molecule has 1 aliphatic heterocycles. The number of carbonyl (C=O) groups excluding carboxylic acids is 1. The van der Waals surface area contributed by atoms with Crippen LogP contribution in [0.25, 0.3) is 0 Å². The third-order valence-corrected chi connectivity index (χ3v) is 4.05. The van der Waals surface area contributed by atoms with Crippen molar-refractivity contribution in [1.29, 1.82) is 0 Å². The number of nitrogens with one attached hydrogen (secondary N) is 1. The number of hydrogen-bond acceptors (Lipinski definition) is 3. The zero-order valence-corrected chi connectivity index (χ0v) is 12.7. The molecule has 1 aromatic rings. The molecule has 20 heavy (non-hydrogen) atoms. The van der Waals surface area contributed by atoms with Gasteiger partial charge in [0.2, 0.25) is 0 Å². The molecule has 0 saturated carbocycles. The number of rotatable bonds is 3. The van der Waals surface area contributed by atoms with E-state index in [0.717, 1.165) is 37.5 Å². The molecule has 0 atom stereocenters. The Balaban J connectivity index is 1.80. The number of likely N-dealkylation sites (tertiary alicyclic amines) is 1. The molecule has 1 aliphatic rings. The number of hydrogen-bond donors (Lipinski definition) is 1. The van der Waals surface area contributed by atoms with Gasteiger partial charge in [-0.25, -0.2) is 4.79 Å². The molecular formula is C15H21ClN2O2. The molecule has 1 N–H and O–H groups in total. The Bertz CT molecular complexity index is 471. The molecule has 1 heterocycles. The number of aryl methyl sites for hydroxylation is 1. The van der Waals surface area contributed by atoms with Crippen molar-refractivity contribution in [2.45, 2.75) is 32.4 Å². The summed E-state index contributed by atoms with van der Waals surface area (Å²) in [5.41, 5.74) is 2.47. The quantitative estimate of drug-likeness (QED) is 0.932. The van der Waals surface area contributed by atoms with Crippen molar-refractivity contribution in [2.75, 3.05) is 20.2 Å². The third kappa shape index (κ3) is 3.87. The van der Waals surface area contributed by atoms with Crippen LogP contribution in [0.4, 0.5) is 4.79 Å². The Morgan fingerprint density at radius 3 is 2.75 bits per heavy atom. The second-order valence-electron chi connectivity index (χ2n) is 5.18. The van der Waals surface area contributed by atoms with Crippen molar-refractivity contribution >= 4 is 17.7 Å². The van der Waals surface area contributed by atoms with Crippen molar-refractivity contribution in [2.24, 2.45) is 0 Å². The van der Waals surface area contributed by atoms with Crippen LogP contribution in [0, 0.1) is 6.92 Å². The summed E-state index contributed by atoms with van der Waals surface area (Å²) in [4.78, 5) is 13.2. The molecule has 0 spiro atoms. The average molecular weight is 297 g/mol. The Kier molecular flexibility index (Phi) is 5.26. The zero-order chi connectivity index (χ0) is 14.5. The minimum Gasteiger partial charge on any atom is -0.453 e. The van der Waals surface area contributed by atoms with Crippen LogP contribution >= 0.6 is 11.6 Å². The SMILES string of the molecule is COC(=O)N1CCC(NCc2ccc(Cl)cc2C)CC1. The van der Waals surface area contributed by atoms with E-state index < -0.39 is 0 Å². The van der Waals surface area contributed by atoms with E-state index in [1.54, 1.807) is 4.90 Å². The van der Waals surface area contributed by atoms with Gasteiger partial charge in [-0.15, -0.1) is 0 Å². The molecule has 110 valence electrons. The fourth-order valence-electron chi connectivity index (χ4n) is 2.51. The Hall–Kier alpha value is -1.26. The number of halogens is 1. The summed E-state index contributed by atoms with van der Waals surface area (Å²) >= 11 is 5.96. The number of benzene rings is 1. The number of amides is 1. The van der Waals surface area contributed by atoms with Gasteiger partial charge in [0.15, 0.2) is 0 Å². The number of carbonyl (C=O) groups is 1. The summed E-state index contributed by atoms with van der Waals surface area (Å²) in [6.07, 6.45) is 1.70. The lowest BCUT2D eigenvalue weighted by Crippen LogP contribution is -2.44. The molecule has 1 saturated heterocycles. The summed E-state index contributed by atoms with van der Waals surface area (Å²) < 4.78 is 4.74. The fourth-order valence-corrected chi connectivity index (χ4v) is 2.73. The van der Waals surface area contributed by atoms with Gasteiger partial charge >= 0.3 is 6.09 Å². The van der Waals surface area contributed by atoms with E-state index in [0.29, 0.717) is 6.04 Å². The van der Waals surface area contributed by atoms with Crippen molar-refractivity contribution in [3.8, 4) is 0 Å². The molecule has 1 aromatic carbocycles. The summed E-state index contributed by atoms with van der Waals surface area (Å²) in [5.74, 6) is 0. The van der Waals surface area contributed by atoms with E-state index in [1.807, 2.05) is 12.1 Å². The highest BCUT2D eigenvalue weighted by Crippen LogP contribution is 2.16. The van der Waals surface area contributed by atoms with Crippen LogP contribution < -0.4 is 5.32 Å². The smallest absolute Gasteiger partial charge is 0.409 e. The van der Waals surface area contributed by atoms with Gasteiger partial charge in [-0.05, 0) is 43.0 Å². The van der Waals surface area contributed by atoms with Gasteiger partial charge in [-0.3, -0.25) is 0 Å². The molecule has 1 amide bonds. The fraction of sp³-hybridized carbons (Fsp3) is 0.533. The van der Waals surface area contributed by atoms with Gasteiger partial charge in [-0.1, -0.05) is 17.7 Å². The van der Waals surface area contributed by atoms with Gasteiger partial charge in [0.1, 0.15) is 0 Å². The summed E-state index contributed by atoms with van der Waals surface area (Å²) in [7, 11) is 1.43. The van der Waals surface area contributed by atoms with Gasteiger partial charge < -0.3 is 15.0 Å². The topological polar surface area (TPSA) is 41.6 Å². The maximum absolute atomic E-state index is 11.4. The number of nitrogens with zero attached hydrogens (tertiary/aromatic N) is 1. The van der Waals surface area contributed by atoms with Gasteiger partial charge in [-0.2, -0.15) is 0 Å². The molecule has 2 rings (SSSR count). The minimum absolute atomic E-state index is 0.225. The average Bonchev–Trinajstić information content (AvgIpc) is 2.46. The molecule has 0 bridgehead atoms. The molecule has 0 radical (unpaired) electrons. The maximum atomic E-state index is 11.4. The Morgan fingerprint density at radius 1 is 1.45 bits per heavy atom. The molecule has 5 heteroatoms. The molecule has 0 aliphatic carbocycles. The predicted molar refractivity (Wildman–Crippen MR) is 80.0 cm³/mol. The second-order valence-corrected chi connectivity index (χ2v) is 5.62. The summed E-state index contributed by atoms with van der Waals surface area (Å²) in [6.45, 7) is 4.42. The highest BCUT2D eigenvalue weighted by molar-refractivity contribution is 6.30. The second kappa shape index (κ2) is 6.95. The number of methoxy groups -OCH3 is 1. The summed E-state index contributed by atoms with van der Waals surface area (Å²) in [6, 6.07) is 6.42. The first-order chi connectivity index (χ1) is 9.60. The standard InChI is InChI=1S/C15H21ClN2O2/c1-11-9-13(16)4-3-12(11)10-17-14-5-7-18(8-6-14)15(19)20-2/h3-4,9,14,17H,5-8,10H2,1-2H3. The predicted octanol–water partition coefficient (Wildman–Crippen LogP) is 2.97. The van der Waals surface area contributed by atoms with Crippen LogP contribution in [-0.2, 0) is 11.3 Å². The number of ether oxygens (including phenoxy) is 1. The van der Waals surface area contributed by atoms with Crippen LogP contribution in [-0.4, -0.2) is 37.2 Å². The van der Waals surface area contributed by atoms with Crippen molar-refractivity contribution in [1.82, 2.24) is 10.2 Å². The molecule has 0 unspecified atom stereocenters. The van der Waals surface area contributed by atoms with E-state index in [4.69, 9.17) is 16.3 Å². The lowest BCUT2D eigenvalue weighted by atomic mass is 10.0. The Labute approximate surface area is 125 Å². The van der Waals surface area contributed by atoms with Crippen molar-refractivity contribution in [3.63, 3.8) is 0 Å². The van der Waals surface area contributed by atoms with Crippen molar-refractivity contribution in [3.05, 3.63) is 34.3 Å². The van der Waals surface area contributed by atoms with Crippen LogP contribution in [0.5, 0.6) is 0 Å². The van der Waals surface area contributed by atoms with Gasteiger partial charge in [0, 0.05) is 30.7 Å². The Morgan fingerprint density at radius 2 is 2.15 bits per heavy atom. The third-order valence-electron chi connectivity index (χ3n) is 3.81. The highest BCUT2D eigenvalue weighted by Gasteiger charge is 2.22. The van der Waals surface area contributed by atoms with E-state index in [9.17, 15) is 4.79 Å². The molecule has 1 fully saturated rings. The minimum atomic E-state index is -0.225.